The smallest absolute Gasteiger partial charge is 0.266 e. The molecule has 0 aliphatic rings. The van der Waals surface area contributed by atoms with Crippen molar-refractivity contribution in [1.82, 2.24) is 4.98 Å². The van der Waals surface area contributed by atoms with Gasteiger partial charge in [0.2, 0.25) is 0 Å². The Kier molecular flexibility index (Phi) is 4.97. The molecule has 0 fully saturated rings. The molecule has 2 aromatic rings. The van der Waals surface area contributed by atoms with E-state index >= 15 is 0 Å². The monoisotopic (exact) mass is 337 g/mol. The molecular formula is C14H9Cl2N3OS. The Morgan fingerprint density at radius 3 is 2.86 bits per heavy atom. The summed E-state index contributed by atoms with van der Waals surface area (Å²) in [4.78, 5) is 16.3. The highest BCUT2D eigenvalue weighted by Gasteiger charge is 2.12. The van der Waals surface area contributed by atoms with Crippen LogP contribution in [0.3, 0.4) is 0 Å². The van der Waals surface area contributed by atoms with Crippen LogP contribution in [-0.2, 0) is 4.79 Å². The Morgan fingerprint density at radius 2 is 2.24 bits per heavy atom. The van der Waals surface area contributed by atoms with Crippen LogP contribution in [-0.4, -0.2) is 10.9 Å². The lowest BCUT2D eigenvalue weighted by Gasteiger charge is -2.06. The molecule has 7 heteroatoms. The van der Waals surface area contributed by atoms with E-state index in [1.54, 1.807) is 17.5 Å². The van der Waals surface area contributed by atoms with Gasteiger partial charge in [-0.2, -0.15) is 5.26 Å². The first kappa shape index (κ1) is 15.5. The van der Waals surface area contributed by atoms with Crippen molar-refractivity contribution in [1.29, 1.82) is 5.26 Å². The number of nitriles is 1. The number of hydrogen-bond acceptors (Lipinski definition) is 4. The molecule has 1 aromatic carbocycles. The van der Waals surface area contributed by atoms with Gasteiger partial charge in [-0.25, -0.2) is 4.98 Å². The quantitative estimate of drug-likeness (QED) is 0.670. The van der Waals surface area contributed by atoms with Crippen LogP contribution in [0, 0.1) is 18.3 Å². The average Bonchev–Trinajstić information content (AvgIpc) is 2.85. The Labute approximate surface area is 135 Å². The summed E-state index contributed by atoms with van der Waals surface area (Å²) in [7, 11) is 0. The SMILES string of the molecule is Cc1nc(/C=C(\C#N)C(=O)Nc2cc(Cl)ccc2Cl)cs1. The lowest BCUT2D eigenvalue weighted by atomic mass is 10.2. The average molecular weight is 338 g/mol. The van der Waals surface area contributed by atoms with Crippen LogP contribution < -0.4 is 5.32 Å². The van der Waals surface area contributed by atoms with Crippen molar-refractivity contribution in [2.24, 2.45) is 0 Å². The maximum atomic E-state index is 12.1. The van der Waals surface area contributed by atoms with E-state index in [9.17, 15) is 4.79 Å². The number of aromatic nitrogens is 1. The summed E-state index contributed by atoms with van der Waals surface area (Å²) in [5, 5.41) is 15.1. The fourth-order valence-corrected chi connectivity index (χ4v) is 2.43. The van der Waals surface area contributed by atoms with Crippen LogP contribution in [0.15, 0.2) is 29.2 Å². The van der Waals surface area contributed by atoms with Crippen molar-refractivity contribution in [3.05, 3.63) is 49.9 Å². The number of amides is 1. The molecular weight excluding hydrogens is 329 g/mol. The molecule has 21 heavy (non-hydrogen) atoms. The summed E-state index contributed by atoms with van der Waals surface area (Å²) in [5.41, 5.74) is 0.863. The van der Waals surface area contributed by atoms with Crippen molar-refractivity contribution in [3.8, 4) is 6.07 Å². The maximum absolute atomic E-state index is 12.1. The Morgan fingerprint density at radius 1 is 1.48 bits per heavy atom. The van der Waals surface area contributed by atoms with Gasteiger partial charge in [0.05, 0.1) is 21.4 Å². The number of anilines is 1. The van der Waals surface area contributed by atoms with E-state index in [4.69, 9.17) is 28.5 Å². The van der Waals surface area contributed by atoms with E-state index in [0.29, 0.717) is 21.4 Å². The number of rotatable bonds is 3. The minimum absolute atomic E-state index is 0.0589. The highest BCUT2D eigenvalue weighted by Crippen LogP contribution is 2.26. The molecule has 1 N–H and O–H groups in total. The van der Waals surface area contributed by atoms with Gasteiger partial charge in [-0.05, 0) is 31.2 Å². The van der Waals surface area contributed by atoms with E-state index in [-0.39, 0.29) is 5.57 Å². The summed E-state index contributed by atoms with van der Waals surface area (Å²) in [5.74, 6) is -0.563. The van der Waals surface area contributed by atoms with Gasteiger partial charge >= 0.3 is 0 Å². The molecule has 1 amide bonds. The standard InChI is InChI=1S/C14H9Cl2N3OS/c1-8-18-11(7-21-8)4-9(6-17)14(20)19-13-5-10(15)2-3-12(13)16/h2-5,7H,1H3,(H,19,20)/b9-4+. The Hall–Kier alpha value is -1.87. The van der Waals surface area contributed by atoms with E-state index in [0.717, 1.165) is 5.01 Å². The van der Waals surface area contributed by atoms with Crippen molar-refractivity contribution in [2.45, 2.75) is 6.92 Å². The number of thiazole rings is 1. The fourth-order valence-electron chi connectivity index (χ4n) is 1.53. The van der Waals surface area contributed by atoms with Crippen LogP contribution in [0.2, 0.25) is 10.0 Å². The second kappa shape index (κ2) is 6.72. The molecule has 0 saturated carbocycles. The number of nitrogens with zero attached hydrogens (tertiary/aromatic N) is 2. The van der Waals surface area contributed by atoms with E-state index in [1.165, 1.54) is 23.5 Å². The van der Waals surface area contributed by atoms with E-state index in [2.05, 4.69) is 10.3 Å². The molecule has 0 spiro atoms. The van der Waals surface area contributed by atoms with Crippen LogP contribution in [0.5, 0.6) is 0 Å². The first-order chi connectivity index (χ1) is 9.99. The first-order valence-electron chi connectivity index (χ1n) is 5.80. The number of nitrogens with one attached hydrogen (secondary N) is 1. The summed E-state index contributed by atoms with van der Waals surface area (Å²) in [6.07, 6.45) is 1.43. The zero-order valence-electron chi connectivity index (χ0n) is 10.9. The second-order valence-corrected chi connectivity index (χ2v) is 5.95. The second-order valence-electron chi connectivity index (χ2n) is 4.04. The predicted octanol–water partition coefficient (Wildman–Crippen LogP) is 4.30. The minimum atomic E-state index is -0.563. The molecule has 2 rings (SSSR count). The van der Waals surface area contributed by atoms with Gasteiger partial charge in [0.1, 0.15) is 11.6 Å². The highest BCUT2D eigenvalue weighted by molar-refractivity contribution is 7.09. The third-order valence-corrected chi connectivity index (χ3v) is 3.83. The molecule has 4 nitrogen and oxygen atoms in total. The van der Waals surface area contributed by atoms with Gasteiger partial charge in [-0.3, -0.25) is 4.79 Å². The Bertz CT molecular complexity index is 762. The van der Waals surface area contributed by atoms with E-state index < -0.39 is 5.91 Å². The topological polar surface area (TPSA) is 65.8 Å². The number of hydrogen-bond donors (Lipinski definition) is 1. The number of carbonyl (C=O) groups excluding carboxylic acids is 1. The lowest BCUT2D eigenvalue weighted by molar-refractivity contribution is -0.112. The fraction of sp³-hybridized carbons (Fsp3) is 0.0714. The molecule has 106 valence electrons. The van der Waals surface area contributed by atoms with Crippen LogP contribution in [0.4, 0.5) is 5.69 Å². The maximum Gasteiger partial charge on any atom is 0.266 e. The molecule has 1 aromatic heterocycles. The van der Waals surface area contributed by atoms with Crippen molar-refractivity contribution >= 4 is 52.2 Å². The van der Waals surface area contributed by atoms with Gasteiger partial charge in [0.25, 0.3) is 5.91 Å². The Balaban J connectivity index is 2.23. The summed E-state index contributed by atoms with van der Waals surface area (Å²) in [6, 6.07) is 6.55. The predicted molar refractivity (Wildman–Crippen MR) is 85.5 cm³/mol. The number of benzene rings is 1. The molecule has 0 radical (unpaired) electrons. The first-order valence-corrected chi connectivity index (χ1v) is 7.43. The number of aryl methyl sites for hydroxylation is 1. The van der Waals surface area contributed by atoms with Crippen LogP contribution in [0.1, 0.15) is 10.7 Å². The van der Waals surface area contributed by atoms with Gasteiger partial charge in [-0.1, -0.05) is 23.2 Å². The summed E-state index contributed by atoms with van der Waals surface area (Å²) >= 11 is 13.3. The van der Waals surface area contributed by atoms with Crippen molar-refractivity contribution in [2.75, 3.05) is 5.32 Å². The molecule has 0 aliphatic heterocycles. The number of halogens is 2. The zero-order chi connectivity index (χ0) is 15.4. The lowest BCUT2D eigenvalue weighted by Crippen LogP contribution is -2.13. The third kappa shape index (κ3) is 4.05. The number of carbonyl (C=O) groups is 1. The van der Waals surface area contributed by atoms with Gasteiger partial charge in [0, 0.05) is 10.4 Å². The summed E-state index contributed by atoms with van der Waals surface area (Å²) in [6.45, 7) is 1.85. The molecule has 1 heterocycles. The highest BCUT2D eigenvalue weighted by atomic mass is 35.5. The molecule has 0 bridgehead atoms. The van der Waals surface area contributed by atoms with E-state index in [1.807, 2.05) is 13.0 Å². The molecule has 0 saturated heterocycles. The minimum Gasteiger partial charge on any atom is -0.320 e. The van der Waals surface area contributed by atoms with Crippen molar-refractivity contribution < 1.29 is 4.79 Å². The normalized spacial score (nSPS) is 11.0. The third-order valence-electron chi connectivity index (χ3n) is 2.47. The van der Waals surface area contributed by atoms with Gasteiger partial charge in [-0.15, -0.1) is 11.3 Å². The molecule has 0 atom stereocenters. The molecule has 0 unspecified atom stereocenters. The van der Waals surface area contributed by atoms with Crippen LogP contribution in [0.25, 0.3) is 6.08 Å². The summed E-state index contributed by atoms with van der Waals surface area (Å²) < 4.78 is 0. The largest absolute Gasteiger partial charge is 0.320 e. The zero-order valence-corrected chi connectivity index (χ0v) is 13.2. The molecule has 0 aliphatic carbocycles. The van der Waals surface area contributed by atoms with Crippen LogP contribution >= 0.6 is 34.5 Å². The van der Waals surface area contributed by atoms with Gasteiger partial charge < -0.3 is 5.32 Å². The van der Waals surface area contributed by atoms with Gasteiger partial charge in [0.15, 0.2) is 0 Å². The van der Waals surface area contributed by atoms with Crippen molar-refractivity contribution in [3.63, 3.8) is 0 Å².